The summed E-state index contributed by atoms with van der Waals surface area (Å²) in [7, 11) is 0. The van der Waals surface area contributed by atoms with E-state index >= 15 is 0 Å². The average molecular weight is 421 g/mol. The van der Waals surface area contributed by atoms with Gasteiger partial charge in [-0.25, -0.2) is 4.79 Å². The largest absolute Gasteiger partial charge is 0.452 e. The van der Waals surface area contributed by atoms with Gasteiger partial charge in [-0.1, -0.05) is 30.3 Å². The molecule has 2 aromatic rings. The van der Waals surface area contributed by atoms with Crippen molar-refractivity contribution < 1.29 is 19.1 Å². The van der Waals surface area contributed by atoms with Gasteiger partial charge in [0.25, 0.3) is 5.91 Å². The first-order valence-electron chi connectivity index (χ1n) is 8.81. The highest BCUT2D eigenvalue weighted by atomic mass is 32.2. The second-order valence-corrected chi connectivity index (χ2v) is 8.46. The van der Waals surface area contributed by atoms with E-state index in [4.69, 9.17) is 4.74 Å². The van der Waals surface area contributed by atoms with Crippen molar-refractivity contribution in [3.63, 3.8) is 0 Å². The molecule has 0 unspecified atom stereocenters. The first-order chi connectivity index (χ1) is 13.4. The monoisotopic (exact) mass is 420 g/mol. The molecule has 8 heteroatoms. The fraction of sp³-hybridized carbons (Fsp3) is 0.350. The fourth-order valence-corrected chi connectivity index (χ4v) is 4.32. The summed E-state index contributed by atoms with van der Waals surface area (Å²) in [6.45, 7) is 5.18. The number of anilines is 1. The molecule has 0 fully saturated rings. The minimum absolute atomic E-state index is 0.263. The standard InChI is InChI=1S/C20H24N2O4S2/c1-13-14(2)28-19(22-15(3)23)18(13)20(25)26-11-17(24)21-9-10-27-12-16-7-5-4-6-8-16/h4-8H,9-12H2,1-3H3,(H,21,24)(H,22,23). The van der Waals surface area contributed by atoms with E-state index < -0.39 is 5.97 Å². The first-order valence-corrected chi connectivity index (χ1v) is 10.8. The number of hydrogen-bond donors (Lipinski definition) is 2. The Balaban J connectivity index is 1.73. The van der Waals surface area contributed by atoms with Crippen LogP contribution in [0.1, 0.15) is 33.3 Å². The Bertz CT molecular complexity index is 834. The number of thioether (sulfide) groups is 1. The van der Waals surface area contributed by atoms with Gasteiger partial charge in [-0.2, -0.15) is 11.8 Å². The van der Waals surface area contributed by atoms with Gasteiger partial charge in [-0.3, -0.25) is 9.59 Å². The molecule has 1 aromatic heterocycles. The third kappa shape index (κ3) is 6.69. The van der Waals surface area contributed by atoms with Gasteiger partial charge < -0.3 is 15.4 Å². The molecule has 0 aliphatic carbocycles. The first kappa shape index (κ1) is 22.0. The molecule has 0 bridgehead atoms. The number of hydrogen-bond acceptors (Lipinski definition) is 6. The molecule has 0 aliphatic heterocycles. The van der Waals surface area contributed by atoms with Crippen LogP contribution in [-0.4, -0.2) is 36.7 Å². The van der Waals surface area contributed by atoms with Crippen LogP contribution in [0.15, 0.2) is 30.3 Å². The Morgan fingerprint density at radius 3 is 2.54 bits per heavy atom. The number of esters is 1. The number of benzene rings is 1. The maximum atomic E-state index is 12.4. The summed E-state index contributed by atoms with van der Waals surface area (Å²) in [5.41, 5.74) is 2.30. The third-order valence-electron chi connectivity index (χ3n) is 3.89. The lowest BCUT2D eigenvalue weighted by atomic mass is 10.1. The van der Waals surface area contributed by atoms with Gasteiger partial charge in [-0.15, -0.1) is 11.3 Å². The van der Waals surface area contributed by atoms with E-state index in [1.807, 2.05) is 25.1 Å². The normalized spacial score (nSPS) is 10.4. The summed E-state index contributed by atoms with van der Waals surface area (Å²) in [5.74, 6) is 0.429. The Hall–Kier alpha value is -2.32. The van der Waals surface area contributed by atoms with Crippen molar-refractivity contribution in [2.75, 3.05) is 24.2 Å². The number of ether oxygens (including phenoxy) is 1. The van der Waals surface area contributed by atoms with Gasteiger partial charge >= 0.3 is 5.97 Å². The van der Waals surface area contributed by atoms with Crippen molar-refractivity contribution in [1.29, 1.82) is 0 Å². The second kappa shape index (κ2) is 10.9. The van der Waals surface area contributed by atoms with Crippen LogP contribution in [0.3, 0.4) is 0 Å². The Morgan fingerprint density at radius 1 is 1.14 bits per heavy atom. The topological polar surface area (TPSA) is 84.5 Å². The maximum Gasteiger partial charge on any atom is 0.341 e. The molecule has 6 nitrogen and oxygen atoms in total. The Morgan fingerprint density at radius 2 is 1.86 bits per heavy atom. The predicted molar refractivity (Wildman–Crippen MR) is 114 cm³/mol. The minimum atomic E-state index is -0.612. The van der Waals surface area contributed by atoms with Gasteiger partial charge in [0.05, 0.1) is 5.56 Å². The molecular formula is C20H24N2O4S2. The summed E-state index contributed by atoms with van der Waals surface area (Å²) in [6.07, 6.45) is 0. The number of carbonyl (C=O) groups excluding carboxylic acids is 3. The lowest BCUT2D eigenvalue weighted by Crippen LogP contribution is -2.30. The van der Waals surface area contributed by atoms with Crippen molar-refractivity contribution in [3.05, 3.63) is 51.9 Å². The summed E-state index contributed by atoms with van der Waals surface area (Å²) < 4.78 is 5.13. The molecule has 0 saturated carbocycles. The van der Waals surface area contributed by atoms with Crippen LogP contribution in [0.5, 0.6) is 0 Å². The third-order valence-corrected chi connectivity index (χ3v) is 6.05. The van der Waals surface area contributed by atoms with Gasteiger partial charge in [0, 0.05) is 29.9 Å². The second-order valence-electron chi connectivity index (χ2n) is 6.13. The van der Waals surface area contributed by atoms with E-state index in [9.17, 15) is 14.4 Å². The molecule has 28 heavy (non-hydrogen) atoms. The van der Waals surface area contributed by atoms with Crippen molar-refractivity contribution in [1.82, 2.24) is 5.32 Å². The number of thiophene rings is 1. The molecule has 2 N–H and O–H groups in total. The number of carbonyl (C=O) groups is 3. The van der Waals surface area contributed by atoms with E-state index in [0.717, 1.165) is 21.9 Å². The summed E-state index contributed by atoms with van der Waals surface area (Å²) in [4.78, 5) is 36.5. The number of nitrogens with one attached hydrogen (secondary N) is 2. The van der Waals surface area contributed by atoms with Gasteiger partial charge in [0.1, 0.15) is 5.00 Å². The number of aryl methyl sites for hydroxylation is 1. The molecule has 0 saturated heterocycles. The van der Waals surface area contributed by atoms with Crippen molar-refractivity contribution >= 4 is 45.9 Å². The van der Waals surface area contributed by atoms with Crippen LogP contribution in [-0.2, 0) is 20.1 Å². The van der Waals surface area contributed by atoms with Crippen LogP contribution in [0.4, 0.5) is 5.00 Å². The molecular weight excluding hydrogens is 396 g/mol. The molecule has 1 aromatic carbocycles. The zero-order valence-electron chi connectivity index (χ0n) is 16.2. The average Bonchev–Trinajstić information content (AvgIpc) is 2.93. The molecule has 0 spiro atoms. The molecule has 0 atom stereocenters. The molecule has 150 valence electrons. The van der Waals surface area contributed by atoms with Crippen molar-refractivity contribution in [2.45, 2.75) is 26.5 Å². The molecule has 0 radical (unpaired) electrons. The zero-order valence-corrected chi connectivity index (χ0v) is 17.8. The minimum Gasteiger partial charge on any atom is -0.452 e. The maximum absolute atomic E-state index is 12.4. The van der Waals surface area contributed by atoms with Crippen LogP contribution in [0.2, 0.25) is 0 Å². The molecule has 1 heterocycles. The van der Waals surface area contributed by atoms with Gasteiger partial charge in [-0.05, 0) is 25.0 Å². The van der Waals surface area contributed by atoms with Crippen molar-refractivity contribution in [3.8, 4) is 0 Å². The number of rotatable bonds is 9. The van der Waals surface area contributed by atoms with E-state index in [1.54, 1.807) is 18.7 Å². The smallest absolute Gasteiger partial charge is 0.341 e. The number of amides is 2. The predicted octanol–water partition coefficient (Wildman–Crippen LogP) is 3.53. The molecule has 2 amide bonds. The van der Waals surface area contributed by atoms with Crippen molar-refractivity contribution in [2.24, 2.45) is 0 Å². The Kier molecular flexibility index (Phi) is 8.53. The Labute approximate surface area is 173 Å². The van der Waals surface area contributed by atoms with E-state index in [0.29, 0.717) is 17.1 Å². The van der Waals surface area contributed by atoms with E-state index in [1.165, 1.54) is 23.8 Å². The highest BCUT2D eigenvalue weighted by Crippen LogP contribution is 2.32. The highest BCUT2D eigenvalue weighted by Gasteiger charge is 2.22. The zero-order chi connectivity index (χ0) is 20.5. The van der Waals surface area contributed by atoms with Crippen LogP contribution >= 0.6 is 23.1 Å². The summed E-state index contributed by atoms with van der Waals surface area (Å²) in [5, 5.41) is 5.83. The lowest BCUT2D eigenvalue weighted by Gasteiger charge is -2.08. The van der Waals surface area contributed by atoms with E-state index in [-0.39, 0.29) is 18.4 Å². The van der Waals surface area contributed by atoms with Gasteiger partial charge in [0.15, 0.2) is 6.61 Å². The quantitative estimate of drug-likeness (QED) is 0.479. The SMILES string of the molecule is CC(=O)Nc1sc(C)c(C)c1C(=O)OCC(=O)NCCSCc1ccccc1. The highest BCUT2D eigenvalue weighted by molar-refractivity contribution is 7.98. The van der Waals surface area contributed by atoms with E-state index in [2.05, 4.69) is 22.8 Å². The molecule has 2 rings (SSSR count). The van der Waals surface area contributed by atoms with Crippen LogP contribution in [0.25, 0.3) is 0 Å². The summed E-state index contributed by atoms with van der Waals surface area (Å²) in [6, 6.07) is 10.1. The summed E-state index contributed by atoms with van der Waals surface area (Å²) >= 11 is 3.03. The lowest BCUT2D eigenvalue weighted by molar-refractivity contribution is -0.124. The van der Waals surface area contributed by atoms with Crippen LogP contribution < -0.4 is 10.6 Å². The van der Waals surface area contributed by atoms with Gasteiger partial charge in [0.2, 0.25) is 5.91 Å². The molecule has 0 aliphatic rings. The fourth-order valence-electron chi connectivity index (χ4n) is 2.40. The van der Waals surface area contributed by atoms with Crippen LogP contribution in [0, 0.1) is 13.8 Å².